The van der Waals surface area contributed by atoms with Gasteiger partial charge in [0.2, 0.25) is 0 Å². The van der Waals surface area contributed by atoms with E-state index < -0.39 is 5.82 Å². The lowest BCUT2D eigenvalue weighted by molar-refractivity contribution is 0.233. The predicted octanol–water partition coefficient (Wildman–Crippen LogP) is 4.74. The number of hydrogen-bond acceptors (Lipinski definition) is 2. The molecule has 0 spiro atoms. The molecule has 1 aromatic rings. The van der Waals surface area contributed by atoms with E-state index in [1.807, 2.05) is 0 Å². The van der Waals surface area contributed by atoms with Gasteiger partial charge in [0.1, 0.15) is 5.82 Å². The summed E-state index contributed by atoms with van der Waals surface area (Å²) in [5.74, 6) is -0.399. The first-order chi connectivity index (χ1) is 9.74. The summed E-state index contributed by atoms with van der Waals surface area (Å²) in [6.45, 7) is 10.5. The molecule has 0 amide bonds. The SMILES string of the molecule is CCC1CNC(C(C)(C)C)CN1c1c(Cl)cc(F)cc1Cl. The van der Waals surface area contributed by atoms with Crippen LogP contribution in [0.1, 0.15) is 34.1 Å². The molecule has 0 radical (unpaired) electrons. The van der Waals surface area contributed by atoms with E-state index in [-0.39, 0.29) is 5.41 Å². The first-order valence-corrected chi connectivity index (χ1v) is 8.14. The zero-order valence-electron chi connectivity index (χ0n) is 13.0. The van der Waals surface area contributed by atoms with Crippen LogP contribution in [0.25, 0.3) is 0 Å². The fourth-order valence-corrected chi connectivity index (χ4v) is 3.50. The van der Waals surface area contributed by atoms with Crippen LogP contribution in [0.3, 0.4) is 0 Å². The molecule has 0 aromatic heterocycles. The third-order valence-corrected chi connectivity index (χ3v) is 4.78. The highest BCUT2D eigenvalue weighted by molar-refractivity contribution is 6.39. The van der Waals surface area contributed by atoms with E-state index in [1.165, 1.54) is 12.1 Å². The van der Waals surface area contributed by atoms with Crippen molar-refractivity contribution < 1.29 is 4.39 Å². The van der Waals surface area contributed by atoms with Crippen molar-refractivity contribution in [1.29, 1.82) is 0 Å². The first kappa shape index (κ1) is 16.9. The molecule has 21 heavy (non-hydrogen) atoms. The third kappa shape index (κ3) is 3.64. The van der Waals surface area contributed by atoms with Crippen LogP contribution in [0.4, 0.5) is 10.1 Å². The summed E-state index contributed by atoms with van der Waals surface area (Å²) in [6, 6.07) is 3.31. The molecule has 2 atom stereocenters. The van der Waals surface area contributed by atoms with Gasteiger partial charge in [-0.15, -0.1) is 0 Å². The van der Waals surface area contributed by atoms with E-state index in [4.69, 9.17) is 23.2 Å². The Morgan fingerprint density at radius 2 is 1.86 bits per heavy atom. The van der Waals surface area contributed by atoms with Gasteiger partial charge in [0.05, 0.1) is 15.7 Å². The standard InChI is InChI=1S/C16H23Cl2FN2/c1-5-11-8-20-14(16(2,3)4)9-21(11)15-12(17)6-10(19)7-13(15)18/h6-7,11,14,20H,5,8-9H2,1-4H3. The van der Waals surface area contributed by atoms with Crippen molar-refractivity contribution in [3.63, 3.8) is 0 Å². The molecule has 0 aliphatic carbocycles. The number of anilines is 1. The molecule has 0 bridgehead atoms. The van der Waals surface area contributed by atoms with Gasteiger partial charge < -0.3 is 10.2 Å². The van der Waals surface area contributed by atoms with Gasteiger partial charge >= 0.3 is 0 Å². The van der Waals surface area contributed by atoms with Crippen LogP contribution in [0.5, 0.6) is 0 Å². The number of nitrogens with one attached hydrogen (secondary N) is 1. The van der Waals surface area contributed by atoms with Gasteiger partial charge in [0.15, 0.2) is 0 Å². The van der Waals surface area contributed by atoms with Gasteiger partial charge in [-0.05, 0) is 24.0 Å². The summed E-state index contributed by atoms with van der Waals surface area (Å²) in [5, 5.41) is 4.37. The average molecular weight is 333 g/mol. The Morgan fingerprint density at radius 3 is 2.33 bits per heavy atom. The molecule has 1 aromatic carbocycles. The highest BCUT2D eigenvalue weighted by Crippen LogP contribution is 2.38. The summed E-state index contributed by atoms with van der Waals surface area (Å²) < 4.78 is 13.4. The van der Waals surface area contributed by atoms with Gasteiger partial charge in [0, 0.05) is 25.2 Å². The fourth-order valence-electron chi connectivity index (χ4n) is 2.83. The second-order valence-electron chi connectivity index (χ2n) is 6.76. The summed E-state index contributed by atoms with van der Waals surface area (Å²) in [6.07, 6.45) is 0.980. The van der Waals surface area contributed by atoms with E-state index in [1.54, 1.807) is 0 Å². The minimum atomic E-state index is -0.399. The largest absolute Gasteiger partial charge is 0.363 e. The molecule has 5 heteroatoms. The molecule has 0 saturated carbocycles. The highest BCUT2D eigenvalue weighted by atomic mass is 35.5. The molecule has 1 fully saturated rings. The summed E-state index contributed by atoms with van der Waals surface area (Å²) >= 11 is 12.5. The molecule has 1 aliphatic rings. The normalized spacial score (nSPS) is 23.5. The van der Waals surface area contributed by atoms with E-state index in [0.29, 0.717) is 22.1 Å². The zero-order valence-corrected chi connectivity index (χ0v) is 14.5. The lowest BCUT2D eigenvalue weighted by atomic mass is 9.84. The molecular formula is C16H23Cl2FN2. The monoisotopic (exact) mass is 332 g/mol. The number of nitrogens with zero attached hydrogens (tertiary/aromatic N) is 1. The molecule has 2 unspecified atom stereocenters. The molecule has 1 saturated heterocycles. The number of piperazine rings is 1. The topological polar surface area (TPSA) is 15.3 Å². The fraction of sp³-hybridized carbons (Fsp3) is 0.625. The Morgan fingerprint density at radius 1 is 1.29 bits per heavy atom. The maximum Gasteiger partial charge on any atom is 0.126 e. The predicted molar refractivity (Wildman–Crippen MR) is 89.1 cm³/mol. The van der Waals surface area contributed by atoms with Crippen molar-refractivity contribution in [2.24, 2.45) is 5.41 Å². The minimum absolute atomic E-state index is 0.135. The van der Waals surface area contributed by atoms with Crippen molar-refractivity contribution in [3.8, 4) is 0 Å². The Labute approximate surface area is 136 Å². The van der Waals surface area contributed by atoms with Crippen molar-refractivity contribution in [3.05, 3.63) is 28.0 Å². The van der Waals surface area contributed by atoms with E-state index in [2.05, 4.69) is 37.9 Å². The number of benzene rings is 1. The van der Waals surface area contributed by atoms with Gasteiger partial charge in [-0.3, -0.25) is 0 Å². The van der Waals surface area contributed by atoms with Crippen LogP contribution in [0, 0.1) is 11.2 Å². The molecule has 1 N–H and O–H groups in total. The smallest absolute Gasteiger partial charge is 0.126 e. The van der Waals surface area contributed by atoms with E-state index >= 15 is 0 Å². The second kappa shape index (κ2) is 6.31. The minimum Gasteiger partial charge on any atom is -0.363 e. The van der Waals surface area contributed by atoms with Crippen molar-refractivity contribution >= 4 is 28.9 Å². The third-order valence-electron chi connectivity index (χ3n) is 4.21. The van der Waals surface area contributed by atoms with Crippen molar-refractivity contribution in [2.45, 2.75) is 46.2 Å². The van der Waals surface area contributed by atoms with Crippen molar-refractivity contribution in [2.75, 3.05) is 18.0 Å². The van der Waals surface area contributed by atoms with Gasteiger partial charge in [-0.1, -0.05) is 50.9 Å². The van der Waals surface area contributed by atoms with Gasteiger partial charge in [-0.25, -0.2) is 4.39 Å². The average Bonchev–Trinajstić information content (AvgIpc) is 2.36. The van der Waals surface area contributed by atoms with Crippen molar-refractivity contribution in [1.82, 2.24) is 5.32 Å². The summed E-state index contributed by atoms with van der Waals surface area (Å²) in [7, 11) is 0. The Hall–Kier alpha value is -0.510. The van der Waals surface area contributed by atoms with Gasteiger partial charge in [-0.2, -0.15) is 0 Å². The maximum atomic E-state index is 13.4. The maximum absolute atomic E-state index is 13.4. The van der Waals surface area contributed by atoms with Crippen LogP contribution in [0.2, 0.25) is 10.0 Å². The lowest BCUT2D eigenvalue weighted by Gasteiger charge is -2.46. The Kier molecular flexibility index (Phi) is 5.07. The quantitative estimate of drug-likeness (QED) is 0.841. The molecular weight excluding hydrogens is 310 g/mol. The molecule has 2 nitrogen and oxygen atoms in total. The Balaban J connectivity index is 2.38. The molecule has 1 aliphatic heterocycles. The van der Waals surface area contributed by atoms with E-state index in [0.717, 1.165) is 25.2 Å². The molecule has 2 rings (SSSR count). The molecule has 118 valence electrons. The Bertz CT molecular complexity index is 490. The van der Waals surface area contributed by atoms with E-state index in [9.17, 15) is 4.39 Å². The summed E-state index contributed by atoms with van der Waals surface area (Å²) in [4.78, 5) is 2.23. The van der Waals surface area contributed by atoms with Crippen LogP contribution >= 0.6 is 23.2 Å². The second-order valence-corrected chi connectivity index (χ2v) is 7.57. The number of hydrogen-bond donors (Lipinski definition) is 1. The highest BCUT2D eigenvalue weighted by Gasteiger charge is 2.35. The lowest BCUT2D eigenvalue weighted by Crippen LogP contribution is -2.60. The molecule has 1 heterocycles. The summed E-state index contributed by atoms with van der Waals surface area (Å²) in [5.41, 5.74) is 0.887. The van der Waals surface area contributed by atoms with Gasteiger partial charge in [0.25, 0.3) is 0 Å². The number of halogens is 3. The zero-order chi connectivity index (χ0) is 15.8. The van der Waals surface area contributed by atoms with Crippen LogP contribution < -0.4 is 10.2 Å². The van der Waals surface area contributed by atoms with Crippen LogP contribution in [-0.4, -0.2) is 25.2 Å². The number of rotatable bonds is 2. The van der Waals surface area contributed by atoms with Crippen LogP contribution in [-0.2, 0) is 0 Å². The van der Waals surface area contributed by atoms with Crippen LogP contribution in [0.15, 0.2) is 12.1 Å². The first-order valence-electron chi connectivity index (χ1n) is 7.38.